The van der Waals surface area contributed by atoms with Crippen molar-refractivity contribution in [2.24, 2.45) is 4.99 Å². The van der Waals surface area contributed by atoms with E-state index in [1.807, 2.05) is 43.3 Å². The third-order valence-corrected chi connectivity index (χ3v) is 9.05. The summed E-state index contributed by atoms with van der Waals surface area (Å²) in [5.41, 5.74) is 6.01. The van der Waals surface area contributed by atoms with Gasteiger partial charge in [0.15, 0.2) is 27.8 Å². The Bertz CT molecular complexity index is 1860. The second-order valence-electron chi connectivity index (χ2n) is 9.51. The summed E-state index contributed by atoms with van der Waals surface area (Å²) in [4.78, 5) is 19.8. The topological polar surface area (TPSA) is 82.3 Å². The van der Waals surface area contributed by atoms with Crippen molar-refractivity contribution in [3.05, 3.63) is 106 Å². The predicted molar refractivity (Wildman–Crippen MR) is 164 cm³/mol. The second kappa shape index (κ2) is 10.8. The number of benzene rings is 3. The van der Waals surface area contributed by atoms with E-state index in [9.17, 15) is 9.90 Å². The molecule has 0 radical (unpaired) electrons. The van der Waals surface area contributed by atoms with Crippen molar-refractivity contribution < 1.29 is 19.3 Å². The molecule has 0 fully saturated rings. The van der Waals surface area contributed by atoms with E-state index in [0.29, 0.717) is 36.8 Å². The van der Waals surface area contributed by atoms with Gasteiger partial charge < -0.3 is 19.3 Å². The highest BCUT2D eigenvalue weighted by Gasteiger charge is 2.33. The van der Waals surface area contributed by atoms with E-state index in [1.165, 1.54) is 16.9 Å². The standard InChI is InChI=1S/C31H27IN2O5S/c1-4-39-25-14-17(13-22(32)29(25)35)15-26-30(36)34-28(19-10-12-23(37-2)24(16-19)38-3)21-11-9-18-7-5-6-8-20(18)27(21)33-31(34)40-26/h5-8,10,12-16,28,35H,4,9,11H2,1-3H3/b26-15-/t28-/m0/s1. The number of nitrogens with zero attached hydrogens (tertiary/aromatic N) is 2. The zero-order valence-corrected chi connectivity index (χ0v) is 25.2. The maximum Gasteiger partial charge on any atom is 0.271 e. The summed E-state index contributed by atoms with van der Waals surface area (Å²) < 4.78 is 19.7. The summed E-state index contributed by atoms with van der Waals surface area (Å²) >= 11 is 3.44. The molecule has 0 unspecified atom stereocenters. The van der Waals surface area contributed by atoms with Crippen LogP contribution in [-0.4, -0.2) is 30.5 Å². The molecule has 9 heteroatoms. The molecule has 1 N–H and O–H groups in total. The molecule has 1 aliphatic heterocycles. The third kappa shape index (κ3) is 4.50. The minimum atomic E-state index is -0.333. The fourth-order valence-corrected chi connectivity index (χ4v) is 7.07. The Morgan fingerprint density at radius 1 is 1.07 bits per heavy atom. The normalized spacial score (nSPS) is 16.1. The van der Waals surface area contributed by atoms with Gasteiger partial charge in [-0.2, -0.15) is 0 Å². The van der Waals surface area contributed by atoms with Crippen molar-refractivity contribution >= 4 is 45.7 Å². The van der Waals surface area contributed by atoms with Gasteiger partial charge in [-0.15, -0.1) is 0 Å². The monoisotopic (exact) mass is 666 g/mol. The molecular weight excluding hydrogens is 639 g/mol. The smallest absolute Gasteiger partial charge is 0.271 e. The van der Waals surface area contributed by atoms with Crippen LogP contribution >= 0.6 is 33.9 Å². The van der Waals surface area contributed by atoms with Crippen molar-refractivity contribution in [1.29, 1.82) is 0 Å². The SMILES string of the molecule is CCOc1cc(/C=c2\sc3n(c2=O)[C@@H](c2ccc(OC)c(OC)c2)C2=C(N=3)c3ccccc3CC2)cc(I)c1O. The number of thiazole rings is 1. The van der Waals surface area contributed by atoms with Crippen LogP contribution in [0.5, 0.6) is 23.0 Å². The summed E-state index contributed by atoms with van der Waals surface area (Å²) in [6.45, 7) is 2.29. The van der Waals surface area contributed by atoms with Crippen molar-refractivity contribution in [3.63, 3.8) is 0 Å². The predicted octanol–water partition coefficient (Wildman–Crippen LogP) is 5.04. The Morgan fingerprint density at radius 2 is 1.88 bits per heavy atom. The van der Waals surface area contributed by atoms with Gasteiger partial charge in [0.1, 0.15) is 0 Å². The van der Waals surface area contributed by atoms with Crippen LogP contribution < -0.4 is 29.1 Å². The van der Waals surface area contributed by atoms with Gasteiger partial charge in [0.05, 0.1) is 40.7 Å². The average Bonchev–Trinajstić information content (AvgIpc) is 3.28. The van der Waals surface area contributed by atoms with E-state index >= 15 is 0 Å². The molecule has 0 spiro atoms. The lowest BCUT2D eigenvalue weighted by atomic mass is 9.83. The summed E-state index contributed by atoms with van der Waals surface area (Å²) in [5, 5.41) is 10.4. The molecule has 0 amide bonds. The van der Waals surface area contributed by atoms with Crippen LogP contribution in [0.25, 0.3) is 11.8 Å². The lowest BCUT2D eigenvalue weighted by molar-refractivity contribution is 0.317. The number of rotatable bonds is 6. The molecule has 3 aromatic carbocycles. The second-order valence-corrected chi connectivity index (χ2v) is 11.7. The van der Waals surface area contributed by atoms with E-state index in [1.54, 1.807) is 24.9 Å². The molecule has 1 aliphatic carbocycles. The van der Waals surface area contributed by atoms with Gasteiger partial charge in [-0.1, -0.05) is 41.7 Å². The first-order chi connectivity index (χ1) is 19.4. The molecular formula is C31H27IN2O5S. The van der Waals surface area contributed by atoms with Crippen LogP contribution in [0, 0.1) is 3.57 Å². The average molecular weight is 667 g/mol. The highest BCUT2D eigenvalue weighted by atomic mass is 127. The van der Waals surface area contributed by atoms with Crippen molar-refractivity contribution in [3.8, 4) is 23.0 Å². The number of phenolic OH excluding ortho intramolecular Hbond substituents is 1. The lowest BCUT2D eigenvalue weighted by Crippen LogP contribution is -2.38. The molecule has 204 valence electrons. The number of phenols is 1. The van der Waals surface area contributed by atoms with Gasteiger partial charge >= 0.3 is 0 Å². The van der Waals surface area contributed by atoms with Crippen LogP contribution in [0.4, 0.5) is 0 Å². The first-order valence-electron chi connectivity index (χ1n) is 12.9. The molecule has 7 nitrogen and oxygen atoms in total. The first kappa shape index (κ1) is 26.6. The van der Waals surface area contributed by atoms with E-state index in [2.05, 4.69) is 40.8 Å². The first-order valence-corrected chi connectivity index (χ1v) is 14.8. The molecule has 1 atom stereocenters. The zero-order chi connectivity index (χ0) is 28.0. The van der Waals surface area contributed by atoms with Gasteiger partial charge in [-0.3, -0.25) is 9.36 Å². The molecule has 2 aliphatic rings. The Morgan fingerprint density at radius 3 is 2.65 bits per heavy atom. The number of aromatic nitrogens is 1. The Labute approximate surface area is 248 Å². The third-order valence-electron chi connectivity index (χ3n) is 7.24. The molecule has 6 rings (SSSR count). The number of ether oxygens (including phenoxy) is 3. The summed E-state index contributed by atoms with van der Waals surface area (Å²) in [5.74, 6) is 1.73. The molecule has 0 saturated heterocycles. The fourth-order valence-electron chi connectivity index (χ4n) is 5.44. The number of methoxy groups -OCH3 is 2. The maximum atomic E-state index is 14.1. The number of aromatic hydroxyl groups is 1. The van der Waals surface area contributed by atoms with Gasteiger partial charge in [0.25, 0.3) is 5.56 Å². The quantitative estimate of drug-likeness (QED) is 0.292. The van der Waals surface area contributed by atoms with Crippen LogP contribution in [0.1, 0.15) is 41.6 Å². The van der Waals surface area contributed by atoms with Crippen LogP contribution in [-0.2, 0) is 6.42 Å². The summed E-state index contributed by atoms with van der Waals surface area (Å²) in [6, 6.07) is 17.4. The van der Waals surface area contributed by atoms with Crippen molar-refractivity contribution in [1.82, 2.24) is 4.57 Å². The van der Waals surface area contributed by atoms with E-state index in [4.69, 9.17) is 19.2 Å². The van der Waals surface area contributed by atoms with E-state index in [0.717, 1.165) is 40.8 Å². The van der Waals surface area contributed by atoms with Gasteiger partial charge in [-0.05, 0) is 95.0 Å². The number of allylic oxidation sites excluding steroid dienone is 1. The largest absolute Gasteiger partial charge is 0.504 e. The summed E-state index contributed by atoms with van der Waals surface area (Å²) in [7, 11) is 3.23. The highest BCUT2D eigenvalue weighted by molar-refractivity contribution is 14.1. The van der Waals surface area contributed by atoms with Crippen LogP contribution in [0.15, 0.2) is 70.0 Å². The molecule has 0 saturated carbocycles. The van der Waals surface area contributed by atoms with Crippen LogP contribution in [0.3, 0.4) is 0 Å². The minimum Gasteiger partial charge on any atom is -0.504 e. The number of aryl methyl sites for hydroxylation is 1. The number of hydrogen-bond donors (Lipinski definition) is 1. The van der Waals surface area contributed by atoms with Gasteiger partial charge in [0.2, 0.25) is 0 Å². The number of hydrogen-bond acceptors (Lipinski definition) is 7. The van der Waals surface area contributed by atoms with Crippen molar-refractivity contribution in [2.75, 3.05) is 20.8 Å². The molecule has 40 heavy (non-hydrogen) atoms. The maximum absolute atomic E-state index is 14.1. The highest BCUT2D eigenvalue weighted by Crippen LogP contribution is 2.43. The fraction of sp³-hybridized carbons (Fsp3) is 0.226. The summed E-state index contributed by atoms with van der Waals surface area (Å²) in [6.07, 6.45) is 3.52. The van der Waals surface area contributed by atoms with Crippen molar-refractivity contribution in [2.45, 2.75) is 25.8 Å². The molecule has 2 heterocycles. The van der Waals surface area contributed by atoms with E-state index < -0.39 is 0 Å². The van der Waals surface area contributed by atoms with Gasteiger partial charge in [0, 0.05) is 5.56 Å². The molecule has 0 bridgehead atoms. The Hall–Kier alpha value is -3.57. The van der Waals surface area contributed by atoms with E-state index in [-0.39, 0.29) is 17.4 Å². The Balaban J connectivity index is 1.59. The molecule has 1 aromatic heterocycles. The van der Waals surface area contributed by atoms with Crippen LogP contribution in [0.2, 0.25) is 0 Å². The number of halogens is 1. The zero-order valence-electron chi connectivity index (χ0n) is 22.2. The Kier molecular flexibility index (Phi) is 7.18. The molecule has 4 aromatic rings. The lowest BCUT2D eigenvalue weighted by Gasteiger charge is -2.31. The van der Waals surface area contributed by atoms with Gasteiger partial charge in [-0.25, -0.2) is 4.99 Å². The minimum absolute atomic E-state index is 0.0980. The number of fused-ring (bicyclic) bond motifs is 3.